The van der Waals surface area contributed by atoms with E-state index in [1.165, 1.54) is 15.8 Å². The molecule has 0 unspecified atom stereocenters. The molecule has 1 amide bonds. The zero-order valence-electron chi connectivity index (χ0n) is 12.3. The zero-order chi connectivity index (χ0) is 17.3. The number of rotatable bonds is 4. The summed E-state index contributed by atoms with van der Waals surface area (Å²) in [4.78, 5) is 12.6. The van der Waals surface area contributed by atoms with Crippen LogP contribution in [0.1, 0.15) is 29.6 Å². The molecule has 1 fully saturated rings. The van der Waals surface area contributed by atoms with Crippen molar-refractivity contribution in [2.75, 3.05) is 25.4 Å². The van der Waals surface area contributed by atoms with Gasteiger partial charge < -0.3 is 11.5 Å². The molecule has 0 bridgehead atoms. The van der Waals surface area contributed by atoms with Crippen molar-refractivity contribution in [2.45, 2.75) is 31.0 Å². The number of nitriles is 1. The Bertz CT molecular complexity index is 625. The number of nitrogens with two attached hydrogens (primary N) is 2. The fourth-order valence-corrected chi connectivity index (χ4v) is 2.84. The first kappa shape index (κ1) is 17.1. The Morgan fingerprint density at radius 1 is 1.43 bits per heavy atom. The van der Waals surface area contributed by atoms with Crippen molar-refractivity contribution < 1.29 is 18.0 Å². The van der Waals surface area contributed by atoms with Crippen molar-refractivity contribution >= 4 is 11.7 Å². The van der Waals surface area contributed by atoms with Gasteiger partial charge in [-0.25, -0.2) is 0 Å². The normalized spacial score (nSPS) is 18.5. The van der Waals surface area contributed by atoms with Crippen molar-refractivity contribution in [1.29, 1.82) is 5.26 Å². The van der Waals surface area contributed by atoms with Crippen molar-refractivity contribution in [3.05, 3.63) is 11.8 Å². The predicted octanol–water partition coefficient (Wildman–Crippen LogP) is 0.831. The van der Waals surface area contributed by atoms with Crippen LogP contribution in [0.15, 0.2) is 6.20 Å². The molecule has 1 saturated heterocycles. The van der Waals surface area contributed by atoms with Crippen LogP contribution in [0.25, 0.3) is 0 Å². The van der Waals surface area contributed by atoms with Gasteiger partial charge in [0.2, 0.25) is 0 Å². The SMILES string of the molecule is N#CCC1(n2cc(C(N)=O)c(N)n2)CCN(CC(F)(F)F)CC1. The summed E-state index contributed by atoms with van der Waals surface area (Å²) >= 11 is 0. The first-order valence-electron chi connectivity index (χ1n) is 6.98. The van der Waals surface area contributed by atoms with Gasteiger partial charge >= 0.3 is 6.18 Å². The van der Waals surface area contributed by atoms with E-state index in [0.717, 1.165) is 0 Å². The quantitative estimate of drug-likeness (QED) is 0.849. The third kappa shape index (κ3) is 3.73. The Kier molecular flexibility index (Phi) is 4.51. The molecule has 2 heterocycles. The average molecular weight is 330 g/mol. The fourth-order valence-electron chi connectivity index (χ4n) is 2.84. The smallest absolute Gasteiger partial charge is 0.382 e. The molecular formula is C13H17F3N6O. The summed E-state index contributed by atoms with van der Waals surface area (Å²) in [5.41, 5.74) is 10.1. The molecule has 126 valence electrons. The molecule has 0 saturated carbocycles. The number of anilines is 1. The summed E-state index contributed by atoms with van der Waals surface area (Å²) in [7, 11) is 0. The van der Waals surface area contributed by atoms with Crippen LogP contribution in [-0.2, 0) is 5.54 Å². The first-order chi connectivity index (χ1) is 10.7. The minimum atomic E-state index is -4.26. The number of piperidine rings is 1. The van der Waals surface area contributed by atoms with Crippen LogP contribution in [0, 0.1) is 11.3 Å². The fraction of sp³-hybridized carbons (Fsp3) is 0.615. The Labute approximate surface area is 130 Å². The topological polar surface area (TPSA) is 114 Å². The number of carbonyl (C=O) groups excluding carboxylic acids is 1. The van der Waals surface area contributed by atoms with Crippen LogP contribution >= 0.6 is 0 Å². The molecule has 10 heteroatoms. The van der Waals surface area contributed by atoms with Gasteiger partial charge in [0.25, 0.3) is 5.91 Å². The van der Waals surface area contributed by atoms with Gasteiger partial charge in [0, 0.05) is 19.3 Å². The van der Waals surface area contributed by atoms with E-state index < -0.39 is 24.2 Å². The lowest BCUT2D eigenvalue weighted by atomic mass is 9.85. The standard InChI is InChI=1S/C13H17F3N6O/c14-13(15,16)8-21-5-2-12(1-4-17,3-6-21)22-7-9(11(19)23)10(18)20-22/h7H,1-3,5-6,8H2,(H2,18,20)(H2,19,23). The number of aromatic nitrogens is 2. The largest absolute Gasteiger partial charge is 0.401 e. The van der Waals surface area contributed by atoms with Crippen LogP contribution in [-0.4, -0.2) is 46.4 Å². The van der Waals surface area contributed by atoms with E-state index in [0.29, 0.717) is 12.8 Å². The van der Waals surface area contributed by atoms with Crippen molar-refractivity contribution in [1.82, 2.24) is 14.7 Å². The maximum absolute atomic E-state index is 12.5. The van der Waals surface area contributed by atoms with Gasteiger partial charge in [0.15, 0.2) is 5.82 Å². The third-order valence-electron chi connectivity index (χ3n) is 4.09. The molecule has 1 aliphatic heterocycles. The summed E-state index contributed by atoms with van der Waals surface area (Å²) in [6, 6.07) is 2.04. The zero-order valence-corrected chi connectivity index (χ0v) is 12.3. The van der Waals surface area contributed by atoms with E-state index in [1.807, 2.05) is 6.07 Å². The molecule has 23 heavy (non-hydrogen) atoms. The molecule has 0 aromatic carbocycles. The molecule has 0 radical (unpaired) electrons. The number of hydrogen-bond acceptors (Lipinski definition) is 5. The molecule has 4 N–H and O–H groups in total. The van der Waals surface area contributed by atoms with E-state index in [-0.39, 0.29) is 30.9 Å². The predicted molar refractivity (Wildman–Crippen MR) is 75.1 cm³/mol. The molecule has 1 aliphatic rings. The molecule has 1 aromatic heterocycles. The van der Waals surface area contributed by atoms with Gasteiger partial charge in [0.1, 0.15) is 5.56 Å². The Morgan fingerprint density at radius 3 is 2.48 bits per heavy atom. The number of nitrogen functional groups attached to an aromatic ring is 1. The minimum absolute atomic E-state index is 0.0417. The summed E-state index contributed by atoms with van der Waals surface area (Å²) in [5, 5.41) is 13.1. The molecule has 0 atom stereocenters. The number of hydrogen-bond donors (Lipinski definition) is 2. The summed E-state index contributed by atoms with van der Waals surface area (Å²) < 4.78 is 38.8. The van der Waals surface area contributed by atoms with E-state index in [9.17, 15) is 18.0 Å². The van der Waals surface area contributed by atoms with Crippen LogP contribution in [0.3, 0.4) is 0 Å². The number of likely N-dealkylation sites (tertiary alicyclic amines) is 1. The highest BCUT2D eigenvalue weighted by atomic mass is 19.4. The van der Waals surface area contributed by atoms with E-state index >= 15 is 0 Å². The second-order valence-corrected chi connectivity index (χ2v) is 5.69. The molecule has 0 aliphatic carbocycles. The van der Waals surface area contributed by atoms with Crippen molar-refractivity contribution in [3.8, 4) is 6.07 Å². The van der Waals surface area contributed by atoms with E-state index in [4.69, 9.17) is 16.7 Å². The second kappa shape index (κ2) is 6.08. The Morgan fingerprint density at radius 2 is 2.04 bits per heavy atom. The Hall–Kier alpha value is -2.28. The lowest BCUT2D eigenvalue weighted by Crippen LogP contribution is -2.48. The van der Waals surface area contributed by atoms with Gasteiger partial charge in [-0.1, -0.05) is 0 Å². The highest BCUT2D eigenvalue weighted by Gasteiger charge is 2.40. The van der Waals surface area contributed by atoms with Crippen LogP contribution in [0.5, 0.6) is 0 Å². The van der Waals surface area contributed by atoms with Gasteiger partial charge in [-0.3, -0.25) is 14.4 Å². The van der Waals surface area contributed by atoms with E-state index in [1.54, 1.807) is 0 Å². The summed E-state index contributed by atoms with van der Waals surface area (Å²) in [6.07, 6.45) is -2.23. The number of amides is 1. The second-order valence-electron chi connectivity index (χ2n) is 5.69. The maximum Gasteiger partial charge on any atom is 0.401 e. The molecule has 1 aromatic rings. The lowest BCUT2D eigenvalue weighted by molar-refractivity contribution is -0.150. The third-order valence-corrected chi connectivity index (χ3v) is 4.09. The number of nitrogens with zero attached hydrogens (tertiary/aromatic N) is 4. The molecule has 7 nitrogen and oxygen atoms in total. The number of halogens is 3. The van der Waals surface area contributed by atoms with Crippen molar-refractivity contribution in [2.24, 2.45) is 5.73 Å². The van der Waals surface area contributed by atoms with Gasteiger partial charge in [-0.2, -0.15) is 23.5 Å². The van der Waals surface area contributed by atoms with Crippen molar-refractivity contribution in [3.63, 3.8) is 0 Å². The molecule has 2 rings (SSSR count). The van der Waals surface area contributed by atoms with Crippen LogP contribution < -0.4 is 11.5 Å². The maximum atomic E-state index is 12.5. The van der Waals surface area contributed by atoms with Crippen LogP contribution in [0.4, 0.5) is 19.0 Å². The number of alkyl halides is 3. The first-order valence-corrected chi connectivity index (χ1v) is 6.98. The average Bonchev–Trinajstić information content (AvgIpc) is 2.83. The summed E-state index contributed by atoms with van der Waals surface area (Å²) in [5.74, 6) is -0.789. The number of carbonyl (C=O) groups is 1. The summed E-state index contributed by atoms with van der Waals surface area (Å²) in [6.45, 7) is -0.636. The highest BCUT2D eigenvalue weighted by molar-refractivity contribution is 5.96. The van der Waals surface area contributed by atoms with Crippen LogP contribution in [0.2, 0.25) is 0 Å². The Balaban J connectivity index is 2.21. The van der Waals surface area contributed by atoms with E-state index in [2.05, 4.69) is 5.10 Å². The van der Waals surface area contributed by atoms with Gasteiger partial charge in [-0.05, 0) is 12.8 Å². The van der Waals surface area contributed by atoms with Gasteiger partial charge in [0.05, 0.1) is 24.6 Å². The number of primary amides is 1. The highest BCUT2D eigenvalue weighted by Crippen LogP contribution is 2.35. The monoisotopic (exact) mass is 330 g/mol. The molecule has 0 spiro atoms. The lowest BCUT2D eigenvalue weighted by Gasteiger charge is -2.40. The molecular weight excluding hydrogens is 313 g/mol. The van der Waals surface area contributed by atoms with Gasteiger partial charge in [-0.15, -0.1) is 0 Å². The minimum Gasteiger partial charge on any atom is -0.382 e.